The molecule has 0 spiro atoms. The molecular formula is C17H11F3N4. The van der Waals surface area contributed by atoms with Gasteiger partial charge in [-0.05, 0) is 42.5 Å². The molecule has 0 aliphatic carbocycles. The van der Waals surface area contributed by atoms with Crippen LogP contribution in [0.3, 0.4) is 0 Å². The van der Waals surface area contributed by atoms with Crippen LogP contribution in [0.25, 0.3) is 28.0 Å². The Morgan fingerprint density at radius 1 is 1.04 bits per heavy atom. The number of halogens is 3. The molecule has 1 N–H and O–H groups in total. The van der Waals surface area contributed by atoms with Gasteiger partial charge in [0.2, 0.25) is 0 Å². The van der Waals surface area contributed by atoms with E-state index in [1.807, 2.05) is 12.1 Å². The Bertz CT molecular complexity index is 1000. The number of benzene rings is 2. The third-order valence-corrected chi connectivity index (χ3v) is 3.75. The summed E-state index contributed by atoms with van der Waals surface area (Å²) in [5, 5.41) is 7.64. The quantitative estimate of drug-likeness (QED) is 0.602. The minimum absolute atomic E-state index is 0.327. The lowest BCUT2D eigenvalue weighted by Gasteiger charge is -2.08. The van der Waals surface area contributed by atoms with Gasteiger partial charge in [0.05, 0.1) is 11.7 Å². The Balaban J connectivity index is 1.90. The van der Waals surface area contributed by atoms with Crippen LogP contribution >= 0.6 is 0 Å². The van der Waals surface area contributed by atoms with E-state index in [0.29, 0.717) is 17.1 Å². The molecule has 0 saturated heterocycles. The number of H-pyrrole nitrogens is 1. The molecule has 120 valence electrons. The predicted molar refractivity (Wildman–Crippen MR) is 83.6 cm³/mol. The van der Waals surface area contributed by atoms with Gasteiger partial charge in [0.1, 0.15) is 17.3 Å². The van der Waals surface area contributed by atoms with Crippen LogP contribution in [0.15, 0.2) is 54.9 Å². The van der Waals surface area contributed by atoms with Crippen LogP contribution in [0, 0.1) is 5.82 Å². The van der Waals surface area contributed by atoms with Gasteiger partial charge in [-0.2, -0.15) is 5.10 Å². The van der Waals surface area contributed by atoms with Gasteiger partial charge in [0.15, 0.2) is 0 Å². The summed E-state index contributed by atoms with van der Waals surface area (Å²) in [7, 11) is 0. The van der Waals surface area contributed by atoms with E-state index < -0.39 is 12.2 Å². The van der Waals surface area contributed by atoms with Crippen LogP contribution in [0.2, 0.25) is 0 Å². The van der Waals surface area contributed by atoms with Gasteiger partial charge in [-0.1, -0.05) is 0 Å². The molecule has 0 unspecified atom stereocenters. The van der Waals surface area contributed by atoms with Crippen molar-refractivity contribution in [3.63, 3.8) is 0 Å². The highest BCUT2D eigenvalue weighted by atomic mass is 19.3. The van der Waals surface area contributed by atoms with Crippen molar-refractivity contribution in [3.8, 4) is 17.1 Å². The fourth-order valence-corrected chi connectivity index (χ4v) is 2.58. The molecule has 0 aliphatic heterocycles. The number of hydrogen-bond donors (Lipinski definition) is 1. The molecule has 0 fully saturated rings. The number of nitrogens with zero attached hydrogens (tertiary/aromatic N) is 3. The maximum atomic E-state index is 13.1. The highest BCUT2D eigenvalue weighted by Gasteiger charge is 2.18. The van der Waals surface area contributed by atoms with E-state index in [9.17, 15) is 13.2 Å². The lowest BCUT2D eigenvalue weighted by atomic mass is 10.2. The third kappa shape index (κ3) is 2.44. The van der Waals surface area contributed by atoms with Crippen LogP contribution < -0.4 is 0 Å². The third-order valence-electron chi connectivity index (χ3n) is 3.75. The number of alkyl halides is 2. The maximum absolute atomic E-state index is 13.1. The first-order valence-electron chi connectivity index (χ1n) is 7.19. The molecule has 4 nitrogen and oxygen atoms in total. The lowest BCUT2D eigenvalue weighted by molar-refractivity contribution is 0.146. The summed E-state index contributed by atoms with van der Waals surface area (Å²) in [6, 6.07) is 11.0. The standard InChI is InChI=1S/C17H11F3N4/c18-12-3-1-10(2-4-12)17-22-15(16(19)20)9-24(17)13-5-6-14-11(7-13)8-21-23-14/h1-9,16H,(H,21,23). The van der Waals surface area contributed by atoms with E-state index in [1.54, 1.807) is 16.8 Å². The smallest absolute Gasteiger partial charge is 0.281 e. The minimum Gasteiger partial charge on any atom is -0.299 e. The van der Waals surface area contributed by atoms with E-state index in [0.717, 1.165) is 10.9 Å². The van der Waals surface area contributed by atoms with E-state index in [2.05, 4.69) is 15.2 Å². The Labute approximate surface area is 134 Å². The fraction of sp³-hybridized carbons (Fsp3) is 0.0588. The van der Waals surface area contributed by atoms with Crippen molar-refractivity contribution in [2.45, 2.75) is 6.43 Å². The molecule has 2 aromatic carbocycles. The zero-order valence-electron chi connectivity index (χ0n) is 12.2. The Morgan fingerprint density at radius 3 is 2.58 bits per heavy atom. The average Bonchev–Trinajstić information content (AvgIpc) is 3.21. The number of rotatable bonds is 3. The number of aromatic amines is 1. The summed E-state index contributed by atoms with van der Waals surface area (Å²) in [6.07, 6.45) is 0.259. The van der Waals surface area contributed by atoms with Crippen molar-refractivity contribution in [2.75, 3.05) is 0 Å². The first-order chi connectivity index (χ1) is 11.6. The van der Waals surface area contributed by atoms with Gasteiger partial charge in [0.25, 0.3) is 6.43 Å². The topological polar surface area (TPSA) is 46.5 Å². The van der Waals surface area contributed by atoms with Gasteiger partial charge in [-0.25, -0.2) is 18.2 Å². The number of fused-ring (bicyclic) bond motifs is 1. The van der Waals surface area contributed by atoms with Crippen LogP contribution in [-0.4, -0.2) is 19.7 Å². The lowest BCUT2D eigenvalue weighted by Crippen LogP contribution is -1.96. The summed E-state index contributed by atoms with van der Waals surface area (Å²) >= 11 is 0. The summed E-state index contributed by atoms with van der Waals surface area (Å²) in [5.41, 5.74) is 1.73. The van der Waals surface area contributed by atoms with Crippen molar-refractivity contribution in [3.05, 3.63) is 66.4 Å². The average molecular weight is 328 g/mol. The first kappa shape index (κ1) is 14.5. The van der Waals surface area contributed by atoms with Crippen molar-refractivity contribution in [1.82, 2.24) is 19.7 Å². The van der Waals surface area contributed by atoms with Gasteiger partial charge in [-0.3, -0.25) is 9.67 Å². The Kier molecular flexibility index (Phi) is 3.34. The number of hydrogen-bond acceptors (Lipinski definition) is 2. The highest BCUT2D eigenvalue weighted by Crippen LogP contribution is 2.28. The van der Waals surface area contributed by atoms with Crippen molar-refractivity contribution in [1.29, 1.82) is 0 Å². The maximum Gasteiger partial charge on any atom is 0.281 e. The monoisotopic (exact) mass is 328 g/mol. The van der Waals surface area contributed by atoms with Gasteiger partial charge in [-0.15, -0.1) is 0 Å². The van der Waals surface area contributed by atoms with Crippen LogP contribution in [0.5, 0.6) is 0 Å². The second-order valence-corrected chi connectivity index (χ2v) is 5.31. The molecule has 24 heavy (non-hydrogen) atoms. The molecule has 2 heterocycles. The first-order valence-corrected chi connectivity index (χ1v) is 7.19. The molecule has 0 atom stereocenters. The summed E-state index contributed by atoms with van der Waals surface area (Å²) in [6.45, 7) is 0. The van der Waals surface area contributed by atoms with Gasteiger partial charge >= 0.3 is 0 Å². The normalized spacial score (nSPS) is 11.5. The molecule has 0 aliphatic rings. The number of aromatic nitrogens is 4. The van der Waals surface area contributed by atoms with Gasteiger partial charge in [0, 0.05) is 22.8 Å². The molecule has 0 radical (unpaired) electrons. The summed E-state index contributed by atoms with van der Waals surface area (Å²) < 4.78 is 40.9. The largest absolute Gasteiger partial charge is 0.299 e. The van der Waals surface area contributed by atoms with Crippen LogP contribution in [0.4, 0.5) is 13.2 Å². The Morgan fingerprint density at radius 2 is 1.83 bits per heavy atom. The molecular weight excluding hydrogens is 317 g/mol. The molecule has 0 bridgehead atoms. The Hall–Kier alpha value is -3.09. The zero-order chi connectivity index (χ0) is 16.7. The minimum atomic E-state index is -2.69. The van der Waals surface area contributed by atoms with E-state index in [-0.39, 0.29) is 5.69 Å². The van der Waals surface area contributed by atoms with Crippen LogP contribution in [-0.2, 0) is 0 Å². The second-order valence-electron chi connectivity index (χ2n) is 5.31. The van der Waals surface area contributed by atoms with Gasteiger partial charge < -0.3 is 0 Å². The zero-order valence-corrected chi connectivity index (χ0v) is 12.2. The summed E-state index contributed by atoms with van der Waals surface area (Å²) in [4.78, 5) is 4.02. The van der Waals surface area contributed by atoms with E-state index >= 15 is 0 Å². The molecule has 2 aromatic heterocycles. The molecule has 4 rings (SSSR count). The SMILES string of the molecule is Fc1ccc(-c2nc(C(F)F)cn2-c2ccc3[nH]ncc3c2)cc1. The van der Waals surface area contributed by atoms with Crippen molar-refractivity contribution < 1.29 is 13.2 Å². The molecule has 0 saturated carbocycles. The molecule has 4 aromatic rings. The van der Waals surface area contributed by atoms with Crippen molar-refractivity contribution >= 4 is 10.9 Å². The number of imidazole rings is 1. The molecule has 7 heteroatoms. The molecule has 0 amide bonds. The second kappa shape index (κ2) is 5.52. The van der Waals surface area contributed by atoms with E-state index in [4.69, 9.17) is 0 Å². The fourth-order valence-electron chi connectivity index (χ4n) is 2.58. The van der Waals surface area contributed by atoms with Crippen LogP contribution in [0.1, 0.15) is 12.1 Å². The predicted octanol–water partition coefficient (Wildman–Crippen LogP) is 4.49. The highest BCUT2D eigenvalue weighted by molar-refractivity contribution is 5.80. The van der Waals surface area contributed by atoms with E-state index in [1.165, 1.54) is 30.5 Å². The summed E-state index contributed by atoms with van der Waals surface area (Å²) in [5.74, 6) is -0.0705. The van der Waals surface area contributed by atoms with Crippen molar-refractivity contribution in [2.24, 2.45) is 0 Å². The number of nitrogens with one attached hydrogen (secondary N) is 1.